The fourth-order valence-electron chi connectivity index (χ4n) is 2.73. The van der Waals surface area contributed by atoms with Gasteiger partial charge in [0.2, 0.25) is 10.0 Å². The third-order valence-corrected chi connectivity index (χ3v) is 6.18. The number of rotatable bonds is 6. The standard InChI is InChI=1S/C21H17Cl2FN2O3S/c1-30(28,29)26(19-4-2-3-18(22)20(19)23)13-14-5-7-15(8-6-14)21(27)25-17-11-9-16(24)10-12-17/h2-12H,13H2,1H3,(H,25,27). The monoisotopic (exact) mass is 466 g/mol. The molecular formula is C21H17Cl2FN2O3S. The van der Waals surface area contributed by atoms with Crippen LogP contribution in [-0.2, 0) is 16.6 Å². The molecule has 3 aromatic rings. The van der Waals surface area contributed by atoms with Gasteiger partial charge in [-0.3, -0.25) is 9.10 Å². The molecule has 156 valence electrons. The lowest BCUT2D eigenvalue weighted by Crippen LogP contribution is -2.29. The van der Waals surface area contributed by atoms with Crippen molar-refractivity contribution in [3.63, 3.8) is 0 Å². The molecule has 0 unspecified atom stereocenters. The summed E-state index contributed by atoms with van der Waals surface area (Å²) < 4.78 is 38.8. The minimum atomic E-state index is -3.65. The highest BCUT2D eigenvalue weighted by molar-refractivity contribution is 7.92. The smallest absolute Gasteiger partial charge is 0.255 e. The van der Waals surface area contributed by atoms with E-state index >= 15 is 0 Å². The Bertz CT molecular complexity index is 1170. The van der Waals surface area contributed by atoms with Crippen LogP contribution in [0.4, 0.5) is 15.8 Å². The number of carbonyl (C=O) groups is 1. The number of amides is 1. The molecule has 0 saturated carbocycles. The maximum atomic E-state index is 13.0. The first-order valence-corrected chi connectivity index (χ1v) is 11.3. The molecule has 0 bridgehead atoms. The van der Waals surface area contributed by atoms with E-state index < -0.39 is 15.8 Å². The fraction of sp³-hybridized carbons (Fsp3) is 0.0952. The van der Waals surface area contributed by atoms with Gasteiger partial charge in [0.05, 0.1) is 28.5 Å². The summed E-state index contributed by atoms with van der Waals surface area (Å²) in [6.07, 6.45) is 1.08. The van der Waals surface area contributed by atoms with Crippen LogP contribution in [-0.4, -0.2) is 20.6 Å². The van der Waals surface area contributed by atoms with E-state index in [9.17, 15) is 17.6 Å². The Labute approximate surface area is 184 Å². The molecule has 3 rings (SSSR count). The summed E-state index contributed by atoms with van der Waals surface area (Å²) in [4.78, 5) is 12.4. The summed E-state index contributed by atoms with van der Waals surface area (Å²) in [6.45, 7) is 0.0127. The van der Waals surface area contributed by atoms with Gasteiger partial charge < -0.3 is 5.32 Å². The number of hydrogen-bond acceptors (Lipinski definition) is 3. The summed E-state index contributed by atoms with van der Waals surface area (Å²) in [5.41, 5.74) is 1.75. The predicted octanol–water partition coefficient (Wildman–Crippen LogP) is 5.35. The van der Waals surface area contributed by atoms with Crippen LogP contribution in [0, 0.1) is 5.82 Å². The number of nitrogens with zero attached hydrogens (tertiary/aromatic N) is 1. The number of carbonyl (C=O) groups excluding carboxylic acids is 1. The fourth-order valence-corrected chi connectivity index (χ4v) is 4.07. The first kappa shape index (κ1) is 22.1. The third kappa shape index (κ3) is 5.30. The Morgan fingerprint density at radius 3 is 2.23 bits per heavy atom. The zero-order valence-corrected chi connectivity index (χ0v) is 18.1. The number of sulfonamides is 1. The van der Waals surface area contributed by atoms with Crippen LogP contribution in [0.5, 0.6) is 0 Å². The molecule has 0 radical (unpaired) electrons. The Morgan fingerprint density at radius 2 is 1.63 bits per heavy atom. The number of hydrogen-bond donors (Lipinski definition) is 1. The van der Waals surface area contributed by atoms with Crippen LogP contribution in [0.25, 0.3) is 0 Å². The van der Waals surface area contributed by atoms with Crippen LogP contribution in [0.1, 0.15) is 15.9 Å². The van der Waals surface area contributed by atoms with Gasteiger partial charge in [0.1, 0.15) is 5.82 Å². The highest BCUT2D eigenvalue weighted by Crippen LogP contribution is 2.34. The third-order valence-electron chi connectivity index (χ3n) is 4.24. The average molecular weight is 467 g/mol. The Kier molecular flexibility index (Phi) is 6.65. The van der Waals surface area contributed by atoms with Gasteiger partial charge in [0, 0.05) is 11.3 Å². The average Bonchev–Trinajstić information content (AvgIpc) is 2.70. The first-order chi connectivity index (χ1) is 14.1. The lowest BCUT2D eigenvalue weighted by molar-refractivity contribution is 0.102. The lowest BCUT2D eigenvalue weighted by Gasteiger charge is -2.24. The van der Waals surface area contributed by atoms with E-state index in [4.69, 9.17) is 23.2 Å². The zero-order chi connectivity index (χ0) is 21.9. The summed E-state index contributed by atoms with van der Waals surface area (Å²) in [7, 11) is -3.65. The van der Waals surface area contributed by atoms with Crippen molar-refractivity contribution in [3.05, 3.63) is 93.7 Å². The van der Waals surface area contributed by atoms with Crippen molar-refractivity contribution in [1.82, 2.24) is 0 Å². The van der Waals surface area contributed by atoms with Gasteiger partial charge in [-0.05, 0) is 54.1 Å². The van der Waals surface area contributed by atoms with Gasteiger partial charge in [-0.2, -0.15) is 0 Å². The molecule has 0 aliphatic rings. The summed E-state index contributed by atoms with van der Waals surface area (Å²) >= 11 is 12.2. The molecule has 0 aliphatic carbocycles. The van der Waals surface area contributed by atoms with Gasteiger partial charge in [-0.15, -0.1) is 0 Å². The van der Waals surface area contributed by atoms with E-state index in [1.54, 1.807) is 42.5 Å². The topological polar surface area (TPSA) is 66.5 Å². The van der Waals surface area contributed by atoms with Crippen molar-refractivity contribution >= 4 is 50.5 Å². The van der Waals surface area contributed by atoms with Crippen molar-refractivity contribution in [2.24, 2.45) is 0 Å². The Morgan fingerprint density at radius 1 is 1.00 bits per heavy atom. The molecule has 0 spiro atoms. The van der Waals surface area contributed by atoms with Gasteiger partial charge in [-0.1, -0.05) is 41.4 Å². The van der Waals surface area contributed by atoms with Crippen LogP contribution in [0.3, 0.4) is 0 Å². The minimum Gasteiger partial charge on any atom is -0.322 e. The SMILES string of the molecule is CS(=O)(=O)N(Cc1ccc(C(=O)Nc2ccc(F)cc2)cc1)c1cccc(Cl)c1Cl. The van der Waals surface area contributed by atoms with Gasteiger partial charge in [0.15, 0.2) is 0 Å². The van der Waals surface area contributed by atoms with Crippen LogP contribution < -0.4 is 9.62 Å². The number of halogens is 3. The van der Waals surface area contributed by atoms with E-state index in [0.717, 1.165) is 10.6 Å². The number of anilines is 2. The molecule has 1 amide bonds. The quantitative estimate of drug-likeness (QED) is 0.532. The molecule has 1 N–H and O–H groups in total. The van der Waals surface area contributed by atoms with E-state index in [2.05, 4.69) is 5.32 Å². The van der Waals surface area contributed by atoms with Gasteiger partial charge in [0.25, 0.3) is 5.91 Å². The van der Waals surface area contributed by atoms with Crippen LogP contribution in [0.15, 0.2) is 66.7 Å². The lowest BCUT2D eigenvalue weighted by atomic mass is 10.1. The van der Waals surface area contributed by atoms with Crippen molar-refractivity contribution in [2.75, 3.05) is 15.9 Å². The van der Waals surface area contributed by atoms with Crippen molar-refractivity contribution in [2.45, 2.75) is 6.54 Å². The Hall–Kier alpha value is -2.61. The van der Waals surface area contributed by atoms with Gasteiger partial charge >= 0.3 is 0 Å². The maximum Gasteiger partial charge on any atom is 0.255 e. The number of benzene rings is 3. The van der Waals surface area contributed by atoms with Gasteiger partial charge in [-0.25, -0.2) is 12.8 Å². The summed E-state index contributed by atoms with van der Waals surface area (Å²) in [5.74, 6) is -0.765. The zero-order valence-electron chi connectivity index (χ0n) is 15.8. The Balaban J connectivity index is 1.79. The highest BCUT2D eigenvalue weighted by Gasteiger charge is 2.21. The van der Waals surface area contributed by atoms with E-state index in [1.165, 1.54) is 24.3 Å². The second-order valence-electron chi connectivity index (χ2n) is 6.50. The molecule has 5 nitrogen and oxygen atoms in total. The van der Waals surface area contributed by atoms with Crippen molar-refractivity contribution < 1.29 is 17.6 Å². The molecule has 0 aromatic heterocycles. The number of nitrogens with one attached hydrogen (secondary N) is 1. The van der Waals surface area contributed by atoms with Crippen LogP contribution >= 0.6 is 23.2 Å². The molecular weight excluding hydrogens is 450 g/mol. The normalized spacial score (nSPS) is 11.2. The predicted molar refractivity (Wildman–Crippen MR) is 118 cm³/mol. The van der Waals surface area contributed by atoms with E-state index in [0.29, 0.717) is 16.8 Å². The molecule has 0 fully saturated rings. The largest absolute Gasteiger partial charge is 0.322 e. The molecule has 0 saturated heterocycles. The molecule has 30 heavy (non-hydrogen) atoms. The van der Waals surface area contributed by atoms with E-state index in [1.807, 2.05) is 0 Å². The molecule has 0 aliphatic heterocycles. The summed E-state index contributed by atoms with van der Waals surface area (Å²) in [6, 6.07) is 16.6. The van der Waals surface area contributed by atoms with E-state index in [-0.39, 0.29) is 28.2 Å². The van der Waals surface area contributed by atoms with Crippen molar-refractivity contribution in [1.29, 1.82) is 0 Å². The second-order valence-corrected chi connectivity index (χ2v) is 9.19. The maximum absolute atomic E-state index is 13.0. The molecule has 3 aromatic carbocycles. The molecule has 0 atom stereocenters. The first-order valence-electron chi connectivity index (χ1n) is 8.73. The summed E-state index contributed by atoms with van der Waals surface area (Å²) in [5, 5.41) is 3.05. The second kappa shape index (κ2) is 9.04. The van der Waals surface area contributed by atoms with Crippen molar-refractivity contribution in [3.8, 4) is 0 Å². The highest BCUT2D eigenvalue weighted by atomic mass is 35.5. The van der Waals surface area contributed by atoms with Crippen LogP contribution in [0.2, 0.25) is 10.0 Å². The molecule has 0 heterocycles. The minimum absolute atomic E-state index is 0.0127. The molecule has 9 heteroatoms.